The summed E-state index contributed by atoms with van der Waals surface area (Å²) in [7, 11) is 0. The molecule has 0 aliphatic rings. The number of nitrogens with zero attached hydrogens (tertiary/aromatic N) is 1. The molecule has 72 valence electrons. The van der Waals surface area contributed by atoms with E-state index in [1.165, 1.54) is 0 Å². The van der Waals surface area contributed by atoms with Gasteiger partial charge in [0.25, 0.3) is 0 Å². The molecule has 0 amide bonds. The Bertz CT molecular complexity index is 297. The lowest BCUT2D eigenvalue weighted by Crippen LogP contribution is -2.11. The normalized spacial score (nSPS) is 12.8. The molecule has 0 aliphatic heterocycles. The maximum atomic E-state index is 10.9. The van der Waals surface area contributed by atoms with Crippen molar-refractivity contribution in [3.8, 4) is 0 Å². The van der Waals surface area contributed by atoms with Gasteiger partial charge in [-0.25, -0.2) is 0 Å². The standard InChI is InChI=1S/C9H13NO3/c1-4-7(9(11)12)8-5(2)10-13-6(8)3/h7H,4H2,1-3H3,(H,11,12)/t7-/m0/s1. The second-order valence-corrected chi connectivity index (χ2v) is 3.04. The highest BCUT2D eigenvalue weighted by Crippen LogP contribution is 2.25. The molecule has 1 aromatic heterocycles. The first-order valence-corrected chi connectivity index (χ1v) is 4.23. The maximum absolute atomic E-state index is 10.9. The third-order valence-electron chi connectivity index (χ3n) is 2.14. The fraction of sp³-hybridized carbons (Fsp3) is 0.556. The van der Waals surface area contributed by atoms with E-state index in [1.807, 2.05) is 6.92 Å². The largest absolute Gasteiger partial charge is 0.481 e. The molecule has 0 saturated heterocycles. The van der Waals surface area contributed by atoms with Gasteiger partial charge >= 0.3 is 5.97 Å². The van der Waals surface area contributed by atoms with Crippen molar-refractivity contribution in [2.24, 2.45) is 0 Å². The molecule has 0 saturated carbocycles. The molecule has 0 aromatic carbocycles. The van der Waals surface area contributed by atoms with Crippen LogP contribution in [0.25, 0.3) is 0 Å². The highest BCUT2D eigenvalue weighted by atomic mass is 16.5. The number of hydrogen-bond acceptors (Lipinski definition) is 3. The second kappa shape index (κ2) is 3.60. The molecule has 1 atom stereocenters. The highest BCUT2D eigenvalue weighted by Gasteiger charge is 2.24. The van der Waals surface area contributed by atoms with E-state index in [9.17, 15) is 4.79 Å². The average Bonchev–Trinajstić information content (AvgIpc) is 2.36. The summed E-state index contributed by atoms with van der Waals surface area (Å²) in [5.74, 6) is -0.713. The zero-order chi connectivity index (χ0) is 10.0. The summed E-state index contributed by atoms with van der Waals surface area (Å²) in [6.45, 7) is 5.34. The molecule has 1 heterocycles. The fourth-order valence-corrected chi connectivity index (χ4v) is 1.49. The Morgan fingerprint density at radius 2 is 2.23 bits per heavy atom. The molecule has 4 heteroatoms. The smallest absolute Gasteiger partial charge is 0.311 e. The van der Waals surface area contributed by atoms with Crippen LogP contribution in [0.5, 0.6) is 0 Å². The second-order valence-electron chi connectivity index (χ2n) is 3.04. The first-order valence-electron chi connectivity index (χ1n) is 4.23. The number of aryl methyl sites for hydroxylation is 2. The Balaban J connectivity index is 3.10. The predicted molar refractivity (Wildman–Crippen MR) is 46.6 cm³/mol. The van der Waals surface area contributed by atoms with E-state index in [4.69, 9.17) is 9.63 Å². The van der Waals surface area contributed by atoms with E-state index in [-0.39, 0.29) is 0 Å². The SMILES string of the molecule is CC[C@H](C(=O)O)c1c(C)noc1C. The van der Waals surface area contributed by atoms with Gasteiger partial charge in [0.05, 0.1) is 11.6 Å². The minimum absolute atomic E-state index is 0.494. The van der Waals surface area contributed by atoms with E-state index in [1.54, 1.807) is 13.8 Å². The van der Waals surface area contributed by atoms with Gasteiger partial charge in [-0.2, -0.15) is 0 Å². The van der Waals surface area contributed by atoms with Crippen molar-refractivity contribution < 1.29 is 14.4 Å². The van der Waals surface area contributed by atoms with Crippen LogP contribution in [0.15, 0.2) is 4.52 Å². The van der Waals surface area contributed by atoms with Gasteiger partial charge in [0.1, 0.15) is 5.76 Å². The molecule has 13 heavy (non-hydrogen) atoms. The van der Waals surface area contributed by atoms with E-state index in [2.05, 4.69) is 5.16 Å². The number of hydrogen-bond donors (Lipinski definition) is 1. The van der Waals surface area contributed by atoms with Crippen molar-refractivity contribution in [3.63, 3.8) is 0 Å². The number of carboxylic acid groups (broad SMARTS) is 1. The summed E-state index contributed by atoms with van der Waals surface area (Å²) in [5, 5.41) is 12.7. The zero-order valence-corrected chi connectivity index (χ0v) is 8.00. The minimum Gasteiger partial charge on any atom is -0.481 e. The Morgan fingerprint density at radius 1 is 1.62 bits per heavy atom. The highest BCUT2D eigenvalue weighted by molar-refractivity contribution is 5.76. The van der Waals surface area contributed by atoms with Crippen molar-refractivity contribution in [2.45, 2.75) is 33.1 Å². The number of carboxylic acids is 1. The Labute approximate surface area is 76.5 Å². The molecule has 0 radical (unpaired) electrons. The molecule has 1 N–H and O–H groups in total. The molecule has 0 fully saturated rings. The third-order valence-corrected chi connectivity index (χ3v) is 2.14. The van der Waals surface area contributed by atoms with E-state index in [0.717, 1.165) is 5.56 Å². The number of carbonyl (C=O) groups is 1. The minimum atomic E-state index is -0.822. The molecule has 0 bridgehead atoms. The van der Waals surface area contributed by atoms with Gasteiger partial charge in [0.15, 0.2) is 0 Å². The molecule has 0 spiro atoms. The van der Waals surface area contributed by atoms with Gasteiger partial charge in [-0.1, -0.05) is 12.1 Å². The lowest BCUT2D eigenvalue weighted by atomic mass is 9.95. The lowest BCUT2D eigenvalue weighted by molar-refractivity contribution is -0.138. The summed E-state index contributed by atoms with van der Waals surface area (Å²) in [4.78, 5) is 10.9. The van der Waals surface area contributed by atoms with E-state index in [0.29, 0.717) is 17.9 Å². The van der Waals surface area contributed by atoms with E-state index < -0.39 is 11.9 Å². The van der Waals surface area contributed by atoms with Crippen LogP contribution in [-0.2, 0) is 4.79 Å². The predicted octanol–water partition coefficient (Wildman–Crippen LogP) is 1.87. The van der Waals surface area contributed by atoms with Crippen molar-refractivity contribution in [1.29, 1.82) is 0 Å². The van der Waals surface area contributed by atoms with Crippen LogP contribution in [0, 0.1) is 13.8 Å². The first kappa shape index (κ1) is 9.77. The zero-order valence-electron chi connectivity index (χ0n) is 8.00. The first-order chi connectivity index (χ1) is 6.07. The topological polar surface area (TPSA) is 63.3 Å². The van der Waals surface area contributed by atoms with Gasteiger partial charge < -0.3 is 9.63 Å². The molecular weight excluding hydrogens is 170 g/mol. The van der Waals surface area contributed by atoms with Gasteiger partial charge in [-0.05, 0) is 20.3 Å². The summed E-state index contributed by atoms with van der Waals surface area (Å²) in [5.41, 5.74) is 1.39. The van der Waals surface area contributed by atoms with Crippen LogP contribution < -0.4 is 0 Å². The fourth-order valence-electron chi connectivity index (χ4n) is 1.49. The summed E-state index contributed by atoms with van der Waals surface area (Å²) < 4.78 is 4.91. The monoisotopic (exact) mass is 183 g/mol. The van der Waals surface area contributed by atoms with Gasteiger partial charge in [0.2, 0.25) is 0 Å². The van der Waals surface area contributed by atoms with Gasteiger partial charge in [0, 0.05) is 5.56 Å². The van der Waals surface area contributed by atoms with Crippen molar-refractivity contribution in [1.82, 2.24) is 5.16 Å². The maximum Gasteiger partial charge on any atom is 0.311 e. The Hall–Kier alpha value is -1.32. The summed E-state index contributed by atoms with van der Waals surface area (Å²) in [6.07, 6.45) is 0.554. The van der Waals surface area contributed by atoms with Crippen LogP contribution >= 0.6 is 0 Å². The van der Waals surface area contributed by atoms with Crippen LogP contribution in [0.2, 0.25) is 0 Å². The summed E-state index contributed by atoms with van der Waals surface area (Å²) >= 11 is 0. The number of rotatable bonds is 3. The molecular formula is C9H13NO3. The van der Waals surface area contributed by atoms with E-state index >= 15 is 0 Å². The Morgan fingerprint density at radius 3 is 2.54 bits per heavy atom. The number of aliphatic carboxylic acids is 1. The number of aromatic nitrogens is 1. The van der Waals surface area contributed by atoms with Gasteiger partial charge in [-0.3, -0.25) is 4.79 Å². The quantitative estimate of drug-likeness (QED) is 0.776. The van der Waals surface area contributed by atoms with Crippen molar-refractivity contribution in [3.05, 3.63) is 17.0 Å². The summed E-state index contributed by atoms with van der Waals surface area (Å²) in [6, 6.07) is 0. The van der Waals surface area contributed by atoms with Crippen LogP contribution in [0.4, 0.5) is 0 Å². The van der Waals surface area contributed by atoms with Crippen LogP contribution in [-0.4, -0.2) is 16.2 Å². The molecule has 4 nitrogen and oxygen atoms in total. The van der Waals surface area contributed by atoms with Crippen molar-refractivity contribution >= 4 is 5.97 Å². The molecule has 0 unspecified atom stereocenters. The Kier molecular flexibility index (Phi) is 2.70. The van der Waals surface area contributed by atoms with Crippen LogP contribution in [0.1, 0.15) is 36.3 Å². The van der Waals surface area contributed by atoms with Crippen LogP contribution in [0.3, 0.4) is 0 Å². The third kappa shape index (κ3) is 1.71. The average molecular weight is 183 g/mol. The molecule has 1 rings (SSSR count). The lowest BCUT2D eigenvalue weighted by Gasteiger charge is -2.07. The van der Waals surface area contributed by atoms with Crippen molar-refractivity contribution in [2.75, 3.05) is 0 Å². The molecule has 1 aromatic rings. The molecule has 0 aliphatic carbocycles. The van der Waals surface area contributed by atoms with Gasteiger partial charge in [-0.15, -0.1) is 0 Å².